The Balaban J connectivity index is 1.50. The fourth-order valence-electron chi connectivity index (χ4n) is 3.63. The van der Waals surface area contributed by atoms with E-state index in [9.17, 15) is 9.59 Å². The Morgan fingerprint density at radius 3 is 2.79 bits per heavy atom. The molecule has 0 saturated heterocycles. The molecule has 1 amide bonds. The summed E-state index contributed by atoms with van der Waals surface area (Å²) in [6.45, 7) is 3.92. The summed E-state index contributed by atoms with van der Waals surface area (Å²) in [6, 6.07) is 15.1. The van der Waals surface area contributed by atoms with Crippen molar-refractivity contribution in [3.63, 3.8) is 0 Å². The predicted molar refractivity (Wildman–Crippen MR) is 131 cm³/mol. The quantitative estimate of drug-likeness (QED) is 0.297. The molecule has 0 atom stereocenters. The van der Waals surface area contributed by atoms with Gasteiger partial charge in [-0.25, -0.2) is 4.98 Å². The highest BCUT2D eigenvalue weighted by molar-refractivity contribution is 5.78. The Kier molecular flexibility index (Phi) is 7.67. The summed E-state index contributed by atoms with van der Waals surface area (Å²) in [7, 11) is 0. The molecule has 3 heterocycles. The molecule has 1 aromatic carbocycles. The first-order valence-corrected chi connectivity index (χ1v) is 11.3. The fourth-order valence-corrected chi connectivity index (χ4v) is 3.63. The molecule has 0 aliphatic rings. The number of anilines is 1. The molecule has 0 aliphatic heterocycles. The molecule has 4 rings (SSSR count). The van der Waals surface area contributed by atoms with Gasteiger partial charge in [0.25, 0.3) is 5.56 Å². The van der Waals surface area contributed by atoms with Crippen LogP contribution in [-0.2, 0) is 22.6 Å². The molecule has 3 N–H and O–H groups in total. The molecule has 176 valence electrons. The van der Waals surface area contributed by atoms with Crippen molar-refractivity contribution in [3.05, 3.63) is 77.0 Å². The van der Waals surface area contributed by atoms with Crippen LogP contribution in [0.25, 0.3) is 22.3 Å². The van der Waals surface area contributed by atoms with Gasteiger partial charge >= 0.3 is 0 Å². The first kappa shape index (κ1) is 23.2. The lowest BCUT2D eigenvalue weighted by molar-refractivity contribution is -0.121. The van der Waals surface area contributed by atoms with Crippen LogP contribution < -0.4 is 16.2 Å². The molecule has 0 saturated carbocycles. The number of carbonyl (C=O) groups excluding carboxylic acids is 1. The van der Waals surface area contributed by atoms with Gasteiger partial charge in [0.2, 0.25) is 5.91 Å². The van der Waals surface area contributed by atoms with Gasteiger partial charge < -0.3 is 20.4 Å². The number of benzene rings is 1. The third-order valence-corrected chi connectivity index (χ3v) is 5.31. The minimum Gasteiger partial charge on any atom is -0.382 e. The standard InChI is InChI=1S/C25H28N6O3/c1-2-34-13-7-12-27-24-25(33)31(22(16-29-24)18-8-4-3-5-9-18)17-23(32)28-15-19-14-21-20(30-19)10-6-11-26-21/h3-6,8-11,14,16,30H,2,7,12-13,15,17H2,1H3,(H,27,29)(H,28,32). The minimum absolute atomic E-state index is 0.127. The van der Waals surface area contributed by atoms with E-state index in [-0.39, 0.29) is 23.8 Å². The second-order valence-electron chi connectivity index (χ2n) is 7.73. The summed E-state index contributed by atoms with van der Waals surface area (Å²) in [4.78, 5) is 37.9. The Morgan fingerprint density at radius 2 is 2.00 bits per heavy atom. The summed E-state index contributed by atoms with van der Waals surface area (Å²) in [5.41, 5.74) is 3.62. The van der Waals surface area contributed by atoms with Crippen molar-refractivity contribution in [2.75, 3.05) is 25.1 Å². The zero-order valence-electron chi connectivity index (χ0n) is 19.1. The molecule has 9 nitrogen and oxygen atoms in total. The van der Waals surface area contributed by atoms with Gasteiger partial charge in [0.05, 0.1) is 29.5 Å². The number of rotatable bonds is 11. The van der Waals surface area contributed by atoms with E-state index in [1.54, 1.807) is 12.4 Å². The van der Waals surface area contributed by atoms with Gasteiger partial charge in [-0.2, -0.15) is 0 Å². The van der Waals surface area contributed by atoms with E-state index in [0.717, 1.165) is 28.7 Å². The highest BCUT2D eigenvalue weighted by Crippen LogP contribution is 2.18. The second-order valence-corrected chi connectivity index (χ2v) is 7.73. The van der Waals surface area contributed by atoms with Crippen LogP contribution in [0.2, 0.25) is 0 Å². The number of aromatic amines is 1. The van der Waals surface area contributed by atoms with Crippen LogP contribution in [0.5, 0.6) is 0 Å². The molecular formula is C25H28N6O3. The Bertz CT molecular complexity index is 1270. The highest BCUT2D eigenvalue weighted by atomic mass is 16.5. The smallest absolute Gasteiger partial charge is 0.294 e. The van der Waals surface area contributed by atoms with Crippen molar-refractivity contribution < 1.29 is 9.53 Å². The summed E-state index contributed by atoms with van der Waals surface area (Å²) in [5.74, 6) is -0.0648. The van der Waals surface area contributed by atoms with Gasteiger partial charge in [-0.3, -0.25) is 19.1 Å². The van der Waals surface area contributed by atoms with Crippen LogP contribution in [0.3, 0.4) is 0 Å². The van der Waals surface area contributed by atoms with Gasteiger partial charge in [0.1, 0.15) is 6.54 Å². The zero-order valence-corrected chi connectivity index (χ0v) is 19.1. The molecule has 3 aromatic heterocycles. The van der Waals surface area contributed by atoms with Crippen molar-refractivity contribution in [1.29, 1.82) is 0 Å². The van der Waals surface area contributed by atoms with Crippen molar-refractivity contribution in [1.82, 2.24) is 24.8 Å². The number of H-pyrrole nitrogens is 1. The summed E-state index contributed by atoms with van der Waals surface area (Å²) in [6.07, 6.45) is 4.09. The zero-order chi connectivity index (χ0) is 23.8. The first-order valence-electron chi connectivity index (χ1n) is 11.3. The maximum Gasteiger partial charge on any atom is 0.294 e. The molecule has 0 aliphatic carbocycles. The van der Waals surface area contributed by atoms with E-state index in [0.29, 0.717) is 32.0 Å². The number of pyridine rings is 1. The van der Waals surface area contributed by atoms with Gasteiger partial charge in [0.15, 0.2) is 5.82 Å². The van der Waals surface area contributed by atoms with Crippen LogP contribution in [0.4, 0.5) is 5.82 Å². The number of nitrogens with one attached hydrogen (secondary N) is 3. The SMILES string of the molecule is CCOCCCNc1ncc(-c2ccccc2)n(CC(=O)NCc2cc3ncccc3[nH]2)c1=O. The third-order valence-electron chi connectivity index (χ3n) is 5.31. The number of fused-ring (bicyclic) bond motifs is 1. The molecule has 0 spiro atoms. The van der Waals surface area contributed by atoms with Gasteiger partial charge in [0, 0.05) is 31.6 Å². The Hall–Kier alpha value is -3.98. The van der Waals surface area contributed by atoms with E-state index in [1.807, 2.05) is 55.5 Å². The van der Waals surface area contributed by atoms with Crippen molar-refractivity contribution in [3.8, 4) is 11.3 Å². The van der Waals surface area contributed by atoms with Crippen molar-refractivity contribution >= 4 is 22.8 Å². The summed E-state index contributed by atoms with van der Waals surface area (Å²) in [5, 5.41) is 5.95. The van der Waals surface area contributed by atoms with E-state index in [2.05, 4.69) is 25.6 Å². The Morgan fingerprint density at radius 1 is 1.15 bits per heavy atom. The number of nitrogens with zero attached hydrogens (tertiary/aromatic N) is 3. The van der Waals surface area contributed by atoms with E-state index < -0.39 is 0 Å². The maximum atomic E-state index is 13.2. The van der Waals surface area contributed by atoms with Crippen molar-refractivity contribution in [2.24, 2.45) is 0 Å². The second kappa shape index (κ2) is 11.2. The average Bonchev–Trinajstić information content (AvgIpc) is 3.28. The lowest BCUT2D eigenvalue weighted by Gasteiger charge is -2.15. The van der Waals surface area contributed by atoms with Gasteiger partial charge in [-0.15, -0.1) is 0 Å². The molecule has 34 heavy (non-hydrogen) atoms. The minimum atomic E-state index is -0.345. The highest BCUT2D eigenvalue weighted by Gasteiger charge is 2.15. The van der Waals surface area contributed by atoms with Crippen LogP contribution in [0, 0.1) is 0 Å². The van der Waals surface area contributed by atoms with Crippen LogP contribution >= 0.6 is 0 Å². The normalized spacial score (nSPS) is 11.0. The molecular weight excluding hydrogens is 432 g/mol. The topological polar surface area (TPSA) is 114 Å². The first-order chi connectivity index (χ1) is 16.7. The molecule has 9 heteroatoms. The molecule has 0 unspecified atom stereocenters. The molecule has 0 fully saturated rings. The van der Waals surface area contributed by atoms with Crippen LogP contribution in [0.1, 0.15) is 19.0 Å². The van der Waals surface area contributed by atoms with E-state index in [4.69, 9.17) is 4.74 Å². The number of amides is 1. The van der Waals surface area contributed by atoms with Crippen LogP contribution in [0.15, 0.2) is 65.7 Å². The summed E-state index contributed by atoms with van der Waals surface area (Å²) >= 11 is 0. The average molecular weight is 461 g/mol. The fraction of sp³-hybridized carbons (Fsp3) is 0.280. The number of hydrogen-bond acceptors (Lipinski definition) is 6. The number of ether oxygens (including phenoxy) is 1. The molecule has 0 bridgehead atoms. The van der Waals surface area contributed by atoms with E-state index in [1.165, 1.54) is 4.57 Å². The lowest BCUT2D eigenvalue weighted by Crippen LogP contribution is -2.34. The third kappa shape index (κ3) is 5.68. The predicted octanol–water partition coefficient (Wildman–Crippen LogP) is 2.94. The summed E-state index contributed by atoms with van der Waals surface area (Å²) < 4.78 is 6.79. The number of hydrogen-bond donors (Lipinski definition) is 3. The number of aromatic nitrogens is 4. The van der Waals surface area contributed by atoms with Gasteiger partial charge in [-0.1, -0.05) is 30.3 Å². The van der Waals surface area contributed by atoms with Crippen molar-refractivity contribution in [2.45, 2.75) is 26.4 Å². The lowest BCUT2D eigenvalue weighted by atomic mass is 10.1. The molecule has 0 radical (unpaired) electrons. The largest absolute Gasteiger partial charge is 0.382 e. The maximum absolute atomic E-state index is 13.2. The number of carbonyl (C=O) groups is 1. The molecule has 4 aromatic rings. The van der Waals surface area contributed by atoms with Gasteiger partial charge in [-0.05, 0) is 37.1 Å². The monoisotopic (exact) mass is 460 g/mol. The van der Waals surface area contributed by atoms with Crippen LogP contribution in [-0.4, -0.2) is 45.2 Å². The van der Waals surface area contributed by atoms with E-state index >= 15 is 0 Å². The Labute approximate surface area is 197 Å².